The number of oxazole rings is 1. The van der Waals surface area contributed by atoms with Gasteiger partial charge in [0.2, 0.25) is 5.89 Å². The second-order valence-electron chi connectivity index (χ2n) is 4.50. The molecule has 21 heavy (non-hydrogen) atoms. The Balaban J connectivity index is 2.31. The van der Waals surface area contributed by atoms with Gasteiger partial charge in [-0.15, -0.1) is 0 Å². The zero-order valence-corrected chi connectivity index (χ0v) is 12.5. The number of ether oxygens (including phenoxy) is 1. The Bertz CT molecular complexity index is 630. The lowest BCUT2D eigenvalue weighted by Crippen LogP contribution is -2.11. The smallest absolute Gasteiger partial charge is 0.360 e. The topological polar surface area (TPSA) is 96.2 Å². The van der Waals surface area contributed by atoms with E-state index in [0.29, 0.717) is 24.7 Å². The molecule has 2 N–H and O–H groups in total. The Hall–Kier alpha value is -2.31. The van der Waals surface area contributed by atoms with E-state index in [2.05, 4.69) is 9.97 Å². The van der Waals surface area contributed by atoms with Crippen molar-refractivity contribution in [3.05, 3.63) is 29.4 Å². The molecule has 0 saturated carbocycles. The van der Waals surface area contributed by atoms with Crippen molar-refractivity contribution in [3.8, 4) is 0 Å². The van der Waals surface area contributed by atoms with Gasteiger partial charge in [-0.05, 0) is 6.92 Å². The summed E-state index contributed by atoms with van der Waals surface area (Å²) in [4.78, 5) is 20.3. The Morgan fingerprint density at radius 2 is 2.14 bits per heavy atom. The molecule has 114 valence electrons. The first kappa shape index (κ1) is 15.1. The lowest BCUT2D eigenvalue weighted by Gasteiger charge is -2.06. The van der Waals surface area contributed by atoms with Crippen LogP contribution >= 0.6 is 0 Å². The van der Waals surface area contributed by atoms with Crippen molar-refractivity contribution >= 4 is 11.8 Å². The number of imidazole rings is 1. The minimum absolute atomic E-state index is 0.149. The fraction of sp³-hybridized carbons (Fsp3) is 0.500. The highest BCUT2D eigenvalue weighted by Crippen LogP contribution is 2.18. The fourth-order valence-corrected chi connectivity index (χ4v) is 2.03. The highest BCUT2D eigenvalue weighted by atomic mass is 16.5. The summed E-state index contributed by atoms with van der Waals surface area (Å²) in [6.07, 6.45) is 3.12. The lowest BCUT2D eigenvalue weighted by molar-refractivity contribution is 0.0521. The van der Waals surface area contributed by atoms with Gasteiger partial charge < -0.3 is 19.5 Å². The third kappa shape index (κ3) is 3.07. The van der Waals surface area contributed by atoms with Crippen LogP contribution in [-0.2, 0) is 24.1 Å². The van der Waals surface area contributed by atoms with Gasteiger partial charge in [0.1, 0.15) is 23.9 Å². The monoisotopic (exact) mass is 292 g/mol. The van der Waals surface area contributed by atoms with E-state index in [1.54, 1.807) is 17.7 Å². The van der Waals surface area contributed by atoms with Crippen LogP contribution in [0, 0.1) is 0 Å². The van der Waals surface area contributed by atoms with Gasteiger partial charge in [0, 0.05) is 12.8 Å². The van der Waals surface area contributed by atoms with Gasteiger partial charge in [0.05, 0.1) is 12.8 Å². The molecule has 0 radical (unpaired) electrons. The summed E-state index contributed by atoms with van der Waals surface area (Å²) in [6.45, 7) is 6.31. The van der Waals surface area contributed by atoms with Crippen molar-refractivity contribution in [2.24, 2.45) is 0 Å². The molecule has 0 unspecified atom stereocenters. The summed E-state index contributed by atoms with van der Waals surface area (Å²) in [5.74, 6) is 1.83. The minimum Gasteiger partial charge on any atom is -0.461 e. The molecule has 2 heterocycles. The molecule has 2 rings (SSSR count). The van der Waals surface area contributed by atoms with Crippen molar-refractivity contribution in [1.29, 1.82) is 0 Å². The first-order valence-electron chi connectivity index (χ1n) is 7.06. The van der Waals surface area contributed by atoms with E-state index in [-0.39, 0.29) is 18.1 Å². The normalized spacial score (nSPS) is 10.8. The number of carbonyl (C=O) groups excluding carboxylic acids is 1. The molecule has 0 aliphatic heterocycles. The van der Waals surface area contributed by atoms with Gasteiger partial charge in [0.15, 0.2) is 5.69 Å². The van der Waals surface area contributed by atoms with Crippen LogP contribution in [0.3, 0.4) is 0 Å². The van der Waals surface area contributed by atoms with Crippen molar-refractivity contribution in [2.75, 3.05) is 12.3 Å². The number of hydrogen-bond acceptors (Lipinski definition) is 6. The van der Waals surface area contributed by atoms with E-state index in [1.165, 1.54) is 0 Å². The molecule has 7 heteroatoms. The number of aryl methyl sites for hydroxylation is 2. The van der Waals surface area contributed by atoms with Crippen molar-refractivity contribution in [2.45, 2.75) is 40.2 Å². The fourth-order valence-electron chi connectivity index (χ4n) is 2.03. The Morgan fingerprint density at radius 1 is 1.38 bits per heavy atom. The summed E-state index contributed by atoms with van der Waals surface area (Å²) in [7, 11) is 0. The van der Waals surface area contributed by atoms with E-state index in [4.69, 9.17) is 14.9 Å². The molecule has 0 amide bonds. The molecule has 2 aromatic rings. The Morgan fingerprint density at radius 3 is 2.71 bits per heavy atom. The summed E-state index contributed by atoms with van der Waals surface area (Å²) in [6, 6.07) is 0. The molecule has 7 nitrogen and oxygen atoms in total. The molecule has 0 atom stereocenters. The molecule has 0 bridgehead atoms. The van der Waals surface area contributed by atoms with Crippen LogP contribution in [0.25, 0.3) is 0 Å². The molecular formula is C14H20N4O3. The summed E-state index contributed by atoms with van der Waals surface area (Å²) in [5, 5.41) is 0. The van der Waals surface area contributed by atoms with E-state index in [1.807, 2.05) is 13.8 Å². The van der Waals surface area contributed by atoms with Crippen LogP contribution < -0.4 is 5.73 Å². The van der Waals surface area contributed by atoms with Crippen molar-refractivity contribution in [3.63, 3.8) is 0 Å². The third-order valence-corrected chi connectivity index (χ3v) is 3.11. The SMILES string of the molecule is CCOC(=O)c1nc(CC)n(Cc2ncc(CC)o2)c1N. The molecule has 0 aliphatic rings. The number of rotatable bonds is 6. The van der Waals surface area contributed by atoms with Crippen molar-refractivity contribution in [1.82, 2.24) is 14.5 Å². The number of nitrogen functional groups attached to an aromatic ring is 1. The predicted molar refractivity (Wildman–Crippen MR) is 77.0 cm³/mol. The first-order chi connectivity index (χ1) is 10.1. The van der Waals surface area contributed by atoms with E-state index in [9.17, 15) is 4.79 Å². The maximum atomic E-state index is 11.8. The molecule has 2 aromatic heterocycles. The van der Waals surface area contributed by atoms with Gasteiger partial charge in [-0.1, -0.05) is 13.8 Å². The minimum atomic E-state index is -0.509. The number of aromatic nitrogens is 3. The number of anilines is 1. The van der Waals surface area contributed by atoms with Gasteiger partial charge in [-0.3, -0.25) is 0 Å². The van der Waals surface area contributed by atoms with Crippen LogP contribution in [0.5, 0.6) is 0 Å². The molecule has 0 aromatic carbocycles. The number of nitrogens with two attached hydrogens (primary N) is 1. The summed E-state index contributed by atoms with van der Waals surface area (Å²) >= 11 is 0. The molecule has 0 spiro atoms. The number of carbonyl (C=O) groups is 1. The van der Waals surface area contributed by atoms with Gasteiger partial charge in [-0.25, -0.2) is 14.8 Å². The zero-order chi connectivity index (χ0) is 15.4. The largest absolute Gasteiger partial charge is 0.461 e. The first-order valence-corrected chi connectivity index (χ1v) is 7.06. The zero-order valence-electron chi connectivity index (χ0n) is 12.5. The van der Waals surface area contributed by atoms with Gasteiger partial charge in [-0.2, -0.15) is 0 Å². The van der Waals surface area contributed by atoms with Crippen LogP contribution in [0.1, 0.15) is 48.7 Å². The maximum Gasteiger partial charge on any atom is 0.360 e. The average Bonchev–Trinajstić information content (AvgIpc) is 3.05. The van der Waals surface area contributed by atoms with E-state index in [0.717, 1.165) is 12.2 Å². The average molecular weight is 292 g/mol. The van der Waals surface area contributed by atoms with Crippen LogP contribution in [0.4, 0.5) is 5.82 Å². The van der Waals surface area contributed by atoms with Crippen LogP contribution in [0.2, 0.25) is 0 Å². The highest BCUT2D eigenvalue weighted by molar-refractivity contribution is 5.92. The highest BCUT2D eigenvalue weighted by Gasteiger charge is 2.21. The maximum absolute atomic E-state index is 11.8. The second kappa shape index (κ2) is 6.43. The van der Waals surface area contributed by atoms with E-state index >= 15 is 0 Å². The molecule has 0 aliphatic carbocycles. The molecule has 0 saturated heterocycles. The second-order valence-corrected chi connectivity index (χ2v) is 4.50. The van der Waals surface area contributed by atoms with E-state index < -0.39 is 5.97 Å². The molecular weight excluding hydrogens is 272 g/mol. The van der Waals surface area contributed by atoms with Gasteiger partial charge in [0.25, 0.3) is 0 Å². The van der Waals surface area contributed by atoms with Gasteiger partial charge >= 0.3 is 5.97 Å². The van der Waals surface area contributed by atoms with Crippen molar-refractivity contribution < 1.29 is 13.9 Å². The summed E-state index contributed by atoms with van der Waals surface area (Å²) in [5.41, 5.74) is 6.18. The number of esters is 1. The lowest BCUT2D eigenvalue weighted by atomic mass is 10.4. The molecule has 0 fully saturated rings. The predicted octanol–water partition coefficient (Wildman–Crippen LogP) is 1.80. The Labute approximate surface area is 123 Å². The quantitative estimate of drug-likeness (QED) is 0.815. The standard InChI is InChI=1S/C14H20N4O3/c1-4-9-7-16-11(21-9)8-18-10(5-2)17-12(13(18)15)14(19)20-6-3/h7H,4-6,8,15H2,1-3H3. The number of hydrogen-bond donors (Lipinski definition) is 1. The Kier molecular flexibility index (Phi) is 4.62. The van der Waals surface area contributed by atoms with Crippen LogP contribution in [-0.4, -0.2) is 27.1 Å². The van der Waals surface area contributed by atoms with Crippen LogP contribution in [0.15, 0.2) is 10.6 Å². The third-order valence-electron chi connectivity index (χ3n) is 3.11. The number of nitrogens with zero attached hydrogens (tertiary/aromatic N) is 3. The summed E-state index contributed by atoms with van der Waals surface area (Å²) < 4.78 is 12.3.